The van der Waals surface area contributed by atoms with Gasteiger partial charge >= 0.3 is 5.97 Å². The lowest BCUT2D eigenvalue weighted by Gasteiger charge is -2.36. The monoisotopic (exact) mass is 472 g/mol. The fourth-order valence-corrected chi connectivity index (χ4v) is 4.04. The molecule has 180 valence electrons. The Morgan fingerprint density at radius 3 is 2.14 bits per heavy atom. The highest BCUT2D eigenvalue weighted by Crippen LogP contribution is 2.26. The first-order valence-electron chi connectivity index (χ1n) is 11.5. The van der Waals surface area contributed by atoms with Crippen LogP contribution in [0.2, 0.25) is 0 Å². The van der Waals surface area contributed by atoms with Crippen LogP contribution in [0.3, 0.4) is 0 Å². The van der Waals surface area contributed by atoms with Gasteiger partial charge in [0.05, 0.1) is 17.8 Å². The Kier molecular flexibility index (Phi) is 7.42. The summed E-state index contributed by atoms with van der Waals surface area (Å²) >= 11 is 0. The summed E-state index contributed by atoms with van der Waals surface area (Å²) in [5.74, 6) is -1.44. The van der Waals surface area contributed by atoms with E-state index in [0.717, 1.165) is 11.3 Å². The largest absolute Gasteiger partial charge is 0.478 e. The predicted molar refractivity (Wildman–Crippen MR) is 136 cm³/mol. The molecule has 8 nitrogen and oxygen atoms in total. The number of piperazine rings is 1. The molecule has 1 aliphatic rings. The van der Waals surface area contributed by atoms with Gasteiger partial charge in [0.15, 0.2) is 0 Å². The first-order chi connectivity index (χ1) is 16.9. The Bertz CT molecular complexity index is 1200. The van der Waals surface area contributed by atoms with Crippen molar-refractivity contribution in [1.82, 2.24) is 4.90 Å². The van der Waals surface area contributed by atoms with Crippen LogP contribution in [0.15, 0.2) is 72.8 Å². The molecule has 8 heteroatoms. The number of benzene rings is 3. The number of rotatable bonds is 7. The van der Waals surface area contributed by atoms with E-state index >= 15 is 0 Å². The molecule has 35 heavy (non-hydrogen) atoms. The molecule has 0 spiro atoms. The second-order valence-electron chi connectivity index (χ2n) is 8.53. The molecule has 1 aliphatic heterocycles. The van der Waals surface area contributed by atoms with Gasteiger partial charge in [-0.2, -0.15) is 0 Å². The lowest BCUT2D eigenvalue weighted by Crippen LogP contribution is -2.49. The lowest BCUT2D eigenvalue weighted by atomic mass is 10.1. The maximum Gasteiger partial charge on any atom is 0.337 e. The Labute approximate surface area is 204 Å². The van der Waals surface area contributed by atoms with Crippen molar-refractivity contribution in [3.05, 3.63) is 89.5 Å². The zero-order chi connectivity index (χ0) is 24.8. The summed E-state index contributed by atoms with van der Waals surface area (Å²) in [7, 11) is 0. The topological polar surface area (TPSA) is 102 Å². The molecule has 0 aliphatic carbocycles. The fourth-order valence-electron chi connectivity index (χ4n) is 4.04. The predicted octanol–water partition coefficient (Wildman–Crippen LogP) is 3.71. The van der Waals surface area contributed by atoms with Gasteiger partial charge in [-0.3, -0.25) is 14.5 Å². The van der Waals surface area contributed by atoms with Gasteiger partial charge in [0.1, 0.15) is 0 Å². The van der Waals surface area contributed by atoms with Gasteiger partial charge in [-0.05, 0) is 49.4 Å². The van der Waals surface area contributed by atoms with Crippen molar-refractivity contribution in [2.24, 2.45) is 0 Å². The molecular weight excluding hydrogens is 444 g/mol. The van der Waals surface area contributed by atoms with Crippen LogP contribution < -0.4 is 15.5 Å². The van der Waals surface area contributed by atoms with Crippen LogP contribution in [-0.2, 0) is 4.79 Å². The molecule has 2 amide bonds. The smallest absolute Gasteiger partial charge is 0.337 e. The van der Waals surface area contributed by atoms with Crippen molar-refractivity contribution in [2.45, 2.75) is 6.92 Å². The molecule has 0 aromatic heterocycles. The van der Waals surface area contributed by atoms with Crippen LogP contribution in [0.4, 0.5) is 17.1 Å². The zero-order valence-corrected chi connectivity index (χ0v) is 19.5. The van der Waals surface area contributed by atoms with Gasteiger partial charge < -0.3 is 20.6 Å². The summed E-state index contributed by atoms with van der Waals surface area (Å²) in [6, 6.07) is 21.3. The van der Waals surface area contributed by atoms with E-state index in [4.69, 9.17) is 0 Å². The van der Waals surface area contributed by atoms with E-state index in [0.29, 0.717) is 43.1 Å². The summed E-state index contributed by atoms with van der Waals surface area (Å²) in [6.45, 7) is 4.72. The molecule has 0 radical (unpaired) electrons. The Morgan fingerprint density at radius 1 is 0.829 bits per heavy atom. The van der Waals surface area contributed by atoms with Crippen LogP contribution in [0.1, 0.15) is 26.3 Å². The van der Waals surface area contributed by atoms with Gasteiger partial charge in [-0.1, -0.05) is 35.9 Å². The third kappa shape index (κ3) is 6.24. The number of carbonyl (C=O) groups is 3. The number of nitrogens with zero attached hydrogens (tertiary/aromatic N) is 2. The zero-order valence-electron chi connectivity index (χ0n) is 19.5. The van der Waals surface area contributed by atoms with Crippen molar-refractivity contribution in [3.63, 3.8) is 0 Å². The fraction of sp³-hybridized carbons (Fsp3) is 0.222. The number of anilines is 3. The number of carboxylic acids is 1. The molecule has 0 bridgehead atoms. The average Bonchev–Trinajstić information content (AvgIpc) is 2.86. The number of aromatic carboxylic acids is 1. The molecule has 0 unspecified atom stereocenters. The number of carbonyl (C=O) groups excluding carboxylic acids is 2. The minimum atomic E-state index is -1.06. The Morgan fingerprint density at radius 2 is 1.49 bits per heavy atom. The highest BCUT2D eigenvalue weighted by molar-refractivity contribution is 6.05. The number of nitrogens with one attached hydrogen (secondary N) is 2. The maximum atomic E-state index is 12.4. The van der Waals surface area contributed by atoms with Crippen LogP contribution in [-0.4, -0.2) is 60.5 Å². The van der Waals surface area contributed by atoms with Crippen molar-refractivity contribution in [3.8, 4) is 0 Å². The van der Waals surface area contributed by atoms with E-state index in [1.807, 2.05) is 42.2 Å². The normalized spacial score (nSPS) is 13.8. The summed E-state index contributed by atoms with van der Waals surface area (Å²) in [4.78, 5) is 40.9. The number of hydrogen-bond donors (Lipinski definition) is 3. The van der Waals surface area contributed by atoms with Gasteiger partial charge in [-0.15, -0.1) is 0 Å². The minimum Gasteiger partial charge on any atom is -0.478 e. The Balaban J connectivity index is 1.36. The maximum absolute atomic E-state index is 12.4. The molecule has 0 saturated carbocycles. The van der Waals surface area contributed by atoms with E-state index in [9.17, 15) is 19.5 Å². The highest BCUT2D eigenvalue weighted by Gasteiger charge is 2.23. The third-order valence-corrected chi connectivity index (χ3v) is 5.94. The first-order valence-corrected chi connectivity index (χ1v) is 11.5. The molecule has 0 atom stereocenters. The molecule has 4 rings (SSSR count). The van der Waals surface area contributed by atoms with Gasteiger partial charge in [0, 0.05) is 43.1 Å². The molecule has 3 aromatic rings. The molecule has 1 saturated heterocycles. The second kappa shape index (κ2) is 10.8. The van der Waals surface area contributed by atoms with Crippen molar-refractivity contribution < 1.29 is 19.5 Å². The molecule has 3 N–H and O–H groups in total. The highest BCUT2D eigenvalue weighted by atomic mass is 16.4. The minimum absolute atomic E-state index is 0.0768. The number of aryl methyl sites for hydroxylation is 1. The molecule has 3 aromatic carbocycles. The van der Waals surface area contributed by atoms with Gasteiger partial charge in [0.25, 0.3) is 5.91 Å². The van der Waals surface area contributed by atoms with Crippen LogP contribution >= 0.6 is 0 Å². The van der Waals surface area contributed by atoms with Gasteiger partial charge in [0.2, 0.25) is 5.91 Å². The van der Waals surface area contributed by atoms with E-state index < -0.39 is 5.97 Å². The van der Waals surface area contributed by atoms with E-state index in [1.165, 1.54) is 6.07 Å². The van der Waals surface area contributed by atoms with Crippen LogP contribution in [0.5, 0.6) is 0 Å². The molecular formula is C27H28N4O4. The van der Waals surface area contributed by atoms with Crippen molar-refractivity contribution >= 4 is 34.8 Å². The Hall–Kier alpha value is -4.17. The summed E-state index contributed by atoms with van der Waals surface area (Å²) in [6.07, 6.45) is 0. The van der Waals surface area contributed by atoms with Gasteiger partial charge in [-0.25, -0.2) is 4.79 Å². The van der Waals surface area contributed by atoms with Crippen molar-refractivity contribution in [1.29, 1.82) is 0 Å². The average molecular weight is 473 g/mol. The second-order valence-corrected chi connectivity index (χ2v) is 8.53. The standard InChI is InChI=1S/C27H28N4O4/c1-19-7-9-21(10-8-19)28-25(32)18-30-13-15-31(16-14-30)24-12-11-22(17-23(24)27(34)35)29-26(33)20-5-3-2-4-6-20/h2-12,17H,13-16,18H2,1H3,(H,28,32)(H,29,33)(H,34,35). The van der Waals surface area contributed by atoms with Crippen molar-refractivity contribution in [2.75, 3.05) is 48.3 Å². The SMILES string of the molecule is Cc1ccc(NC(=O)CN2CCN(c3ccc(NC(=O)c4ccccc4)cc3C(=O)O)CC2)cc1. The van der Waals surface area contributed by atoms with Crippen LogP contribution in [0.25, 0.3) is 0 Å². The number of amides is 2. The van der Waals surface area contributed by atoms with E-state index in [-0.39, 0.29) is 23.9 Å². The summed E-state index contributed by atoms with van der Waals surface area (Å²) < 4.78 is 0. The summed E-state index contributed by atoms with van der Waals surface area (Å²) in [5.41, 5.74) is 3.54. The molecule has 1 heterocycles. The first kappa shape index (κ1) is 24.0. The number of carboxylic acid groups (broad SMARTS) is 1. The van der Waals surface area contributed by atoms with Crippen LogP contribution in [0, 0.1) is 6.92 Å². The quantitative estimate of drug-likeness (QED) is 0.485. The number of hydrogen-bond acceptors (Lipinski definition) is 5. The summed E-state index contributed by atoms with van der Waals surface area (Å²) in [5, 5.41) is 15.5. The van der Waals surface area contributed by atoms with E-state index in [2.05, 4.69) is 15.5 Å². The lowest BCUT2D eigenvalue weighted by molar-refractivity contribution is -0.117. The molecule has 1 fully saturated rings. The third-order valence-electron chi connectivity index (χ3n) is 5.94. The van der Waals surface area contributed by atoms with E-state index in [1.54, 1.807) is 36.4 Å².